The van der Waals surface area contributed by atoms with Crippen LogP contribution >= 0.6 is 0 Å². The maximum Gasteiger partial charge on any atom is 0.219 e. The second-order valence-electron chi connectivity index (χ2n) is 3.57. The molecule has 2 atom stereocenters. The quantitative estimate of drug-likeness (QED) is 0.659. The van der Waals surface area contributed by atoms with Crippen LogP contribution in [0.1, 0.15) is 26.7 Å². The first-order valence-corrected chi connectivity index (χ1v) is 4.66. The highest BCUT2D eigenvalue weighted by Crippen LogP contribution is 2.24. The topological polar surface area (TPSA) is 46.3 Å². The molecule has 0 bridgehead atoms. The van der Waals surface area contributed by atoms with E-state index in [0.29, 0.717) is 18.5 Å². The first kappa shape index (κ1) is 9.52. The van der Waals surface area contributed by atoms with Crippen LogP contribution in [-0.4, -0.2) is 29.9 Å². The van der Waals surface area contributed by atoms with Gasteiger partial charge in [-0.2, -0.15) is 0 Å². The average Bonchev–Trinajstić information content (AvgIpc) is 2.47. The van der Waals surface area contributed by atoms with Crippen LogP contribution in [0.4, 0.5) is 0 Å². The molecule has 3 nitrogen and oxygen atoms in total. The summed E-state index contributed by atoms with van der Waals surface area (Å²) in [6.45, 7) is 5.31. The van der Waals surface area contributed by atoms with Crippen molar-refractivity contribution in [1.29, 1.82) is 0 Å². The molecule has 1 rings (SSSR count). The fourth-order valence-electron chi connectivity index (χ4n) is 1.92. The van der Waals surface area contributed by atoms with Crippen LogP contribution in [0.2, 0.25) is 0 Å². The monoisotopic (exact) mass is 170 g/mol. The lowest BCUT2D eigenvalue weighted by Crippen LogP contribution is -2.38. The Morgan fingerprint density at radius 2 is 2.33 bits per heavy atom. The molecule has 0 saturated carbocycles. The molecule has 1 aliphatic heterocycles. The zero-order valence-corrected chi connectivity index (χ0v) is 7.92. The Morgan fingerprint density at radius 1 is 1.67 bits per heavy atom. The van der Waals surface area contributed by atoms with Gasteiger partial charge in [0.15, 0.2) is 0 Å². The molecular formula is C9H18N2O. The molecule has 0 aromatic rings. The molecule has 1 amide bonds. The minimum Gasteiger partial charge on any atom is -0.338 e. The van der Waals surface area contributed by atoms with E-state index in [2.05, 4.69) is 6.92 Å². The number of nitrogens with two attached hydrogens (primary N) is 1. The third-order valence-electron chi connectivity index (χ3n) is 2.75. The Kier molecular flexibility index (Phi) is 3.09. The van der Waals surface area contributed by atoms with Crippen LogP contribution in [0.5, 0.6) is 0 Å². The van der Waals surface area contributed by atoms with Crippen LogP contribution in [0.25, 0.3) is 0 Å². The van der Waals surface area contributed by atoms with Gasteiger partial charge in [-0.1, -0.05) is 13.3 Å². The molecule has 1 heterocycles. The molecule has 70 valence electrons. The predicted molar refractivity (Wildman–Crippen MR) is 48.6 cm³/mol. The van der Waals surface area contributed by atoms with Crippen molar-refractivity contribution in [3.63, 3.8) is 0 Å². The smallest absolute Gasteiger partial charge is 0.219 e. The zero-order chi connectivity index (χ0) is 9.14. The van der Waals surface area contributed by atoms with E-state index in [0.717, 1.165) is 19.4 Å². The largest absolute Gasteiger partial charge is 0.338 e. The van der Waals surface area contributed by atoms with Crippen molar-refractivity contribution >= 4 is 5.91 Å². The van der Waals surface area contributed by atoms with Gasteiger partial charge in [0.05, 0.1) is 0 Å². The first-order chi connectivity index (χ1) is 5.69. The van der Waals surface area contributed by atoms with Crippen molar-refractivity contribution in [3.8, 4) is 0 Å². The van der Waals surface area contributed by atoms with Gasteiger partial charge >= 0.3 is 0 Å². The number of carbonyl (C=O) groups is 1. The number of amides is 1. The van der Waals surface area contributed by atoms with Gasteiger partial charge in [-0.05, 0) is 12.3 Å². The summed E-state index contributed by atoms with van der Waals surface area (Å²) in [5.74, 6) is 0.837. The number of hydrogen-bond donors (Lipinski definition) is 1. The van der Waals surface area contributed by atoms with Crippen LogP contribution in [0.3, 0.4) is 0 Å². The van der Waals surface area contributed by atoms with E-state index < -0.39 is 0 Å². The van der Waals surface area contributed by atoms with E-state index in [9.17, 15) is 4.79 Å². The highest BCUT2D eigenvalue weighted by molar-refractivity contribution is 5.74. The summed E-state index contributed by atoms with van der Waals surface area (Å²) < 4.78 is 0. The summed E-state index contributed by atoms with van der Waals surface area (Å²) in [6, 6.07) is 0.299. The van der Waals surface area contributed by atoms with Crippen molar-refractivity contribution in [3.05, 3.63) is 0 Å². The summed E-state index contributed by atoms with van der Waals surface area (Å²) in [5, 5.41) is 0. The van der Waals surface area contributed by atoms with Gasteiger partial charge in [0.25, 0.3) is 0 Å². The van der Waals surface area contributed by atoms with Crippen molar-refractivity contribution in [2.75, 3.05) is 13.1 Å². The van der Waals surface area contributed by atoms with Gasteiger partial charge in [-0.15, -0.1) is 0 Å². The normalized spacial score (nSPS) is 29.4. The average molecular weight is 170 g/mol. The number of hydrogen-bond acceptors (Lipinski definition) is 2. The molecule has 0 radical (unpaired) electrons. The summed E-state index contributed by atoms with van der Waals surface area (Å²) in [6.07, 6.45) is 2.24. The van der Waals surface area contributed by atoms with Gasteiger partial charge in [-0.25, -0.2) is 0 Å². The Bertz CT molecular complexity index is 170. The molecular weight excluding hydrogens is 152 g/mol. The molecule has 0 aromatic heterocycles. The number of carbonyl (C=O) groups excluding carboxylic acids is 1. The molecule has 0 aromatic carbocycles. The third-order valence-corrected chi connectivity index (χ3v) is 2.75. The molecule has 3 heteroatoms. The highest BCUT2D eigenvalue weighted by Gasteiger charge is 2.31. The Labute approximate surface area is 73.9 Å². The van der Waals surface area contributed by atoms with Crippen molar-refractivity contribution in [2.24, 2.45) is 11.7 Å². The fraction of sp³-hybridized carbons (Fsp3) is 0.889. The SMILES string of the molecule is CCC1CC(CN)N(C(C)=O)C1. The predicted octanol–water partition coefficient (Wildman–Crippen LogP) is 0.592. The van der Waals surface area contributed by atoms with Gasteiger partial charge in [0, 0.05) is 26.1 Å². The fourth-order valence-corrected chi connectivity index (χ4v) is 1.92. The molecule has 0 spiro atoms. The zero-order valence-electron chi connectivity index (χ0n) is 7.92. The minimum atomic E-state index is 0.168. The van der Waals surface area contributed by atoms with Crippen molar-refractivity contribution < 1.29 is 4.79 Å². The second-order valence-corrected chi connectivity index (χ2v) is 3.57. The van der Waals surface area contributed by atoms with Crippen LogP contribution in [0, 0.1) is 5.92 Å². The minimum absolute atomic E-state index is 0.168. The lowest BCUT2D eigenvalue weighted by atomic mass is 10.0. The molecule has 0 aliphatic carbocycles. The van der Waals surface area contributed by atoms with E-state index >= 15 is 0 Å². The van der Waals surface area contributed by atoms with Gasteiger partial charge < -0.3 is 10.6 Å². The van der Waals surface area contributed by atoms with E-state index in [1.54, 1.807) is 6.92 Å². The van der Waals surface area contributed by atoms with Crippen molar-refractivity contribution in [1.82, 2.24) is 4.90 Å². The Morgan fingerprint density at radius 3 is 2.67 bits per heavy atom. The van der Waals surface area contributed by atoms with E-state index in [1.165, 1.54) is 0 Å². The Hall–Kier alpha value is -0.570. The van der Waals surface area contributed by atoms with E-state index in [4.69, 9.17) is 5.73 Å². The lowest BCUT2D eigenvalue weighted by Gasteiger charge is -2.21. The van der Waals surface area contributed by atoms with Gasteiger partial charge in [0.2, 0.25) is 5.91 Å². The standard InChI is InChI=1S/C9H18N2O/c1-3-8-4-9(5-10)11(6-8)7(2)12/h8-9H,3-6,10H2,1-2H3. The number of likely N-dealkylation sites (tertiary alicyclic amines) is 1. The molecule has 2 unspecified atom stereocenters. The van der Waals surface area contributed by atoms with Crippen LogP contribution in [0.15, 0.2) is 0 Å². The van der Waals surface area contributed by atoms with Crippen molar-refractivity contribution in [2.45, 2.75) is 32.7 Å². The maximum absolute atomic E-state index is 11.1. The van der Waals surface area contributed by atoms with Gasteiger partial charge in [0.1, 0.15) is 0 Å². The summed E-state index contributed by atoms with van der Waals surface area (Å²) >= 11 is 0. The van der Waals surface area contributed by atoms with Crippen LogP contribution in [-0.2, 0) is 4.79 Å². The lowest BCUT2D eigenvalue weighted by molar-refractivity contribution is -0.129. The molecule has 12 heavy (non-hydrogen) atoms. The highest BCUT2D eigenvalue weighted by atomic mass is 16.2. The molecule has 1 fully saturated rings. The van der Waals surface area contributed by atoms with E-state index in [-0.39, 0.29) is 5.91 Å². The first-order valence-electron chi connectivity index (χ1n) is 4.66. The molecule has 1 aliphatic rings. The van der Waals surface area contributed by atoms with Gasteiger partial charge in [-0.3, -0.25) is 4.79 Å². The Balaban J connectivity index is 2.56. The molecule has 2 N–H and O–H groups in total. The summed E-state index contributed by atoms with van der Waals surface area (Å²) in [7, 11) is 0. The summed E-state index contributed by atoms with van der Waals surface area (Å²) in [4.78, 5) is 13.1. The number of rotatable bonds is 2. The third kappa shape index (κ3) is 1.78. The summed E-state index contributed by atoms with van der Waals surface area (Å²) in [5.41, 5.74) is 5.59. The van der Waals surface area contributed by atoms with Crippen LogP contribution < -0.4 is 5.73 Å². The second kappa shape index (κ2) is 3.90. The number of nitrogens with zero attached hydrogens (tertiary/aromatic N) is 1. The maximum atomic E-state index is 11.1. The molecule has 1 saturated heterocycles. The van der Waals surface area contributed by atoms with E-state index in [1.807, 2.05) is 4.90 Å².